The molecule has 0 aromatic carbocycles. The van der Waals surface area contributed by atoms with Gasteiger partial charge in [0, 0.05) is 17.7 Å². The van der Waals surface area contributed by atoms with E-state index in [4.69, 9.17) is 0 Å². The smallest absolute Gasteiger partial charge is 0.102 e. The molecule has 2 rings (SSSR count). The highest BCUT2D eigenvalue weighted by molar-refractivity contribution is 9.10. The van der Waals surface area contributed by atoms with Crippen LogP contribution in [0.5, 0.6) is 0 Å². The Kier molecular flexibility index (Phi) is 3.11. The van der Waals surface area contributed by atoms with Gasteiger partial charge in [-0.05, 0) is 41.1 Å². The van der Waals surface area contributed by atoms with Gasteiger partial charge >= 0.3 is 0 Å². The third kappa shape index (κ3) is 2.60. The van der Waals surface area contributed by atoms with Crippen molar-refractivity contribution in [2.45, 2.75) is 17.0 Å². The van der Waals surface area contributed by atoms with Crippen LogP contribution in [-0.4, -0.2) is 14.8 Å². The lowest BCUT2D eigenvalue weighted by Crippen LogP contribution is -1.92. The average molecular weight is 284 g/mol. The lowest BCUT2D eigenvalue weighted by atomic mass is 10.5. The first-order chi connectivity index (χ1) is 7.15. The molecule has 3 nitrogen and oxygen atoms in total. The molecule has 78 valence electrons. The van der Waals surface area contributed by atoms with E-state index in [0.717, 1.165) is 20.2 Å². The van der Waals surface area contributed by atoms with Gasteiger partial charge in [0.15, 0.2) is 0 Å². The molecule has 15 heavy (non-hydrogen) atoms. The number of aryl methyl sites for hydroxylation is 2. The summed E-state index contributed by atoms with van der Waals surface area (Å²) < 4.78 is 2.86. The van der Waals surface area contributed by atoms with E-state index in [1.54, 1.807) is 18.0 Å². The van der Waals surface area contributed by atoms with Crippen molar-refractivity contribution in [3.05, 3.63) is 34.6 Å². The average Bonchev–Trinajstić information content (AvgIpc) is 2.49. The summed E-state index contributed by atoms with van der Waals surface area (Å²) >= 11 is 4.97. The normalized spacial score (nSPS) is 10.6. The van der Waals surface area contributed by atoms with Crippen molar-refractivity contribution in [1.82, 2.24) is 14.8 Å². The van der Waals surface area contributed by atoms with Gasteiger partial charge in [0.05, 0.1) is 5.69 Å². The molecule has 0 spiro atoms. The summed E-state index contributed by atoms with van der Waals surface area (Å²) in [7, 11) is 1.94. The zero-order chi connectivity index (χ0) is 10.8. The minimum absolute atomic E-state index is 0.973. The maximum absolute atomic E-state index is 4.30. The molecule has 0 saturated carbocycles. The van der Waals surface area contributed by atoms with Gasteiger partial charge < -0.3 is 0 Å². The van der Waals surface area contributed by atoms with E-state index in [1.807, 2.05) is 36.9 Å². The number of halogens is 1. The molecule has 0 aliphatic carbocycles. The molecule has 0 bridgehead atoms. The van der Waals surface area contributed by atoms with Crippen LogP contribution in [0.15, 0.2) is 38.9 Å². The highest BCUT2D eigenvalue weighted by Gasteiger charge is 2.04. The predicted octanol–water partition coefficient (Wildman–Crippen LogP) is 3.04. The molecule has 0 N–H and O–H groups in total. The Bertz CT molecular complexity index is 464. The molecular formula is C10H10BrN3S. The van der Waals surface area contributed by atoms with E-state index in [9.17, 15) is 0 Å². The van der Waals surface area contributed by atoms with Gasteiger partial charge in [-0.2, -0.15) is 5.10 Å². The Morgan fingerprint density at radius 3 is 2.73 bits per heavy atom. The maximum Gasteiger partial charge on any atom is 0.102 e. The molecule has 0 fully saturated rings. The van der Waals surface area contributed by atoms with Gasteiger partial charge in [-0.25, -0.2) is 4.98 Å². The van der Waals surface area contributed by atoms with Crippen LogP contribution >= 0.6 is 27.7 Å². The van der Waals surface area contributed by atoms with Crippen LogP contribution in [0.3, 0.4) is 0 Å². The molecule has 2 aromatic rings. The summed E-state index contributed by atoms with van der Waals surface area (Å²) in [4.78, 5) is 4.30. The van der Waals surface area contributed by atoms with Crippen molar-refractivity contribution in [3.8, 4) is 0 Å². The van der Waals surface area contributed by atoms with Gasteiger partial charge in [-0.3, -0.25) is 4.68 Å². The van der Waals surface area contributed by atoms with Crippen molar-refractivity contribution < 1.29 is 0 Å². The van der Waals surface area contributed by atoms with E-state index in [0.29, 0.717) is 0 Å². The molecule has 2 heterocycles. The maximum atomic E-state index is 4.30. The number of hydrogen-bond acceptors (Lipinski definition) is 3. The Labute approximate surface area is 101 Å². The molecule has 0 saturated heterocycles. The molecule has 0 aliphatic rings. The van der Waals surface area contributed by atoms with E-state index in [-0.39, 0.29) is 0 Å². The minimum atomic E-state index is 0.973. The Balaban J connectivity index is 2.21. The zero-order valence-corrected chi connectivity index (χ0v) is 10.8. The van der Waals surface area contributed by atoms with E-state index in [2.05, 4.69) is 26.0 Å². The standard InChI is InChI=1S/C10H10BrN3S/c1-7-5-10(14(2)13-7)15-9-4-3-8(11)6-12-9/h3-6H,1-2H3. The van der Waals surface area contributed by atoms with Crippen molar-refractivity contribution >= 4 is 27.7 Å². The van der Waals surface area contributed by atoms with Crippen molar-refractivity contribution in [2.24, 2.45) is 7.05 Å². The second kappa shape index (κ2) is 4.37. The fourth-order valence-corrected chi connectivity index (χ4v) is 2.30. The van der Waals surface area contributed by atoms with Gasteiger partial charge in [0.25, 0.3) is 0 Å². The van der Waals surface area contributed by atoms with E-state index in [1.165, 1.54) is 0 Å². The minimum Gasteiger partial charge on any atom is -0.261 e. The molecule has 5 heteroatoms. The monoisotopic (exact) mass is 283 g/mol. The van der Waals surface area contributed by atoms with Crippen LogP contribution in [-0.2, 0) is 7.05 Å². The van der Waals surface area contributed by atoms with Gasteiger partial charge in [-0.15, -0.1) is 0 Å². The van der Waals surface area contributed by atoms with Crippen LogP contribution in [0.4, 0.5) is 0 Å². The number of nitrogens with zero attached hydrogens (tertiary/aromatic N) is 3. The SMILES string of the molecule is Cc1cc(Sc2ccc(Br)cn2)n(C)n1. The molecule has 0 unspecified atom stereocenters. The fourth-order valence-electron chi connectivity index (χ4n) is 1.21. The Hall–Kier alpha value is -0.810. The van der Waals surface area contributed by atoms with Gasteiger partial charge in [0.2, 0.25) is 0 Å². The first-order valence-corrected chi connectivity index (χ1v) is 6.06. The van der Waals surface area contributed by atoms with Crippen LogP contribution in [0.2, 0.25) is 0 Å². The van der Waals surface area contributed by atoms with Crippen molar-refractivity contribution in [2.75, 3.05) is 0 Å². The first-order valence-electron chi connectivity index (χ1n) is 4.45. The summed E-state index contributed by atoms with van der Waals surface area (Å²) in [5.74, 6) is 0. The summed E-state index contributed by atoms with van der Waals surface area (Å²) in [6, 6.07) is 6.02. The summed E-state index contributed by atoms with van der Waals surface area (Å²) in [5.41, 5.74) is 1.03. The molecule has 0 radical (unpaired) electrons. The van der Waals surface area contributed by atoms with Crippen molar-refractivity contribution in [1.29, 1.82) is 0 Å². The predicted molar refractivity (Wildman–Crippen MR) is 64.0 cm³/mol. The number of hydrogen-bond donors (Lipinski definition) is 0. The van der Waals surface area contributed by atoms with Crippen molar-refractivity contribution in [3.63, 3.8) is 0 Å². The van der Waals surface area contributed by atoms with Gasteiger partial charge in [-0.1, -0.05) is 11.8 Å². The molecule has 2 aromatic heterocycles. The molecule has 0 atom stereocenters. The third-order valence-electron chi connectivity index (χ3n) is 1.87. The van der Waals surface area contributed by atoms with Crippen LogP contribution in [0, 0.1) is 6.92 Å². The number of rotatable bonds is 2. The number of aromatic nitrogens is 3. The molecule has 0 amide bonds. The molecule has 0 aliphatic heterocycles. The highest BCUT2D eigenvalue weighted by atomic mass is 79.9. The summed E-state index contributed by atoms with van der Waals surface area (Å²) in [5, 5.41) is 6.36. The lowest BCUT2D eigenvalue weighted by Gasteiger charge is -2.00. The third-order valence-corrected chi connectivity index (χ3v) is 3.38. The summed E-state index contributed by atoms with van der Waals surface area (Å²) in [6.07, 6.45) is 1.80. The van der Waals surface area contributed by atoms with Crippen LogP contribution in [0.1, 0.15) is 5.69 Å². The topological polar surface area (TPSA) is 30.7 Å². The lowest BCUT2D eigenvalue weighted by molar-refractivity contribution is 0.692. The van der Waals surface area contributed by atoms with E-state index >= 15 is 0 Å². The van der Waals surface area contributed by atoms with E-state index < -0.39 is 0 Å². The quantitative estimate of drug-likeness (QED) is 0.849. The van der Waals surface area contributed by atoms with Crippen LogP contribution in [0.25, 0.3) is 0 Å². The highest BCUT2D eigenvalue weighted by Crippen LogP contribution is 2.26. The second-order valence-electron chi connectivity index (χ2n) is 3.16. The number of pyridine rings is 1. The Morgan fingerprint density at radius 2 is 2.20 bits per heavy atom. The molecular weight excluding hydrogens is 274 g/mol. The fraction of sp³-hybridized carbons (Fsp3) is 0.200. The van der Waals surface area contributed by atoms with Gasteiger partial charge in [0.1, 0.15) is 10.1 Å². The van der Waals surface area contributed by atoms with Crippen LogP contribution < -0.4 is 0 Å². The largest absolute Gasteiger partial charge is 0.261 e. The first kappa shape index (κ1) is 10.7. The second-order valence-corrected chi connectivity index (χ2v) is 5.12. The zero-order valence-electron chi connectivity index (χ0n) is 8.44. The Morgan fingerprint density at radius 1 is 1.40 bits per heavy atom. The summed E-state index contributed by atoms with van der Waals surface area (Å²) in [6.45, 7) is 1.99.